The fourth-order valence-corrected chi connectivity index (χ4v) is 5.39. The lowest BCUT2D eigenvalue weighted by Gasteiger charge is -2.42. The van der Waals surface area contributed by atoms with Crippen molar-refractivity contribution in [2.24, 2.45) is 11.8 Å². The number of esters is 1. The molecule has 2 bridgehead atoms. The Hall–Kier alpha value is -2.87. The largest absolute Gasteiger partial charge is 0.502 e. The number of methoxy groups -OCH3 is 1. The van der Waals surface area contributed by atoms with Crippen LogP contribution < -0.4 is 11.0 Å². The summed E-state index contributed by atoms with van der Waals surface area (Å²) < 4.78 is 12.8. The molecule has 8 heteroatoms. The predicted octanol–water partition coefficient (Wildman–Crippen LogP) is 2.82. The molecule has 0 amide bonds. The quantitative estimate of drug-likeness (QED) is 0.639. The van der Waals surface area contributed by atoms with Crippen LogP contribution in [-0.2, 0) is 22.6 Å². The van der Waals surface area contributed by atoms with Crippen molar-refractivity contribution in [3.8, 4) is 5.75 Å². The molecule has 3 atom stereocenters. The molecule has 2 aromatic rings. The first-order chi connectivity index (χ1) is 15.7. The van der Waals surface area contributed by atoms with Gasteiger partial charge in [-0.15, -0.1) is 0 Å². The van der Waals surface area contributed by atoms with Crippen LogP contribution in [0.3, 0.4) is 0 Å². The van der Waals surface area contributed by atoms with Crippen LogP contribution in [0, 0.1) is 11.8 Å². The lowest BCUT2D eigenvalue weighted by atomic mass is 9.83. The second-order valence-electron chi connectivity index (χ2n) is 9.79. The van der Waals surface area contributed by atoms with Crippen LogP contribution in [0.4, 0.5) is 0 Å². The summed E-state index contributed by atoms with van der Waals surface area (Å²) in [5, 5.41) is 10.5. The van der Waals surface area contributed by atoms with Crippen molar-refractivity contribution in [1.82, 2.24) is 9.47 Å². The van der Waals surface area contributed by atoms with Crippen LogP contribution in [-0.4, -0.2) is 40.7 Å². The van der Waals surface area contributed by atoms with Crippen LogP contribution >= 0.6 is 0 Å². The standard InChI is InChI=1S/C25H32N2O6/c1-15(2)7-17(9-23(30)32-3)25-24(31)21(28)10-19(33-25)14-26-11-16-8-18(13-26)20-5-4-6-22(29)27(20)12-16/h4-6,10,15-18,31H,7-9,11-14H2,1-3H3/t16-,17+,18+/m1/s1. The molecule has 0 spiro atoms. The Morgan fingerprint density at radius 1 is 1.24 bits per heavy atom. The van der Waals surface area contributed by atoms with Gasteiger partial charge in [0.2, 0.25) is 11.2 Å². The molecule has 2 aliphatic rings. The molecule has 4 heterocycles. The predicted molar refractivity (Wildman–Crippen MR) is 122 cm³/mol. The number of nitrogens with zero attached hydrogens (tertiary/aromatic N) is 2. The molecular weight excluding hydrogens is 424 g/mol. The van der Waals surface area contributed by atoms with Gasteiger partial charge in [-0.2, -0.15) is 0 Å². The Kier molecular flexibility index (Phi) is 6.74. The van der Waals surface area contributed by atoms with Gasteiger partial charge < -0.3 is 18.8 Å². The summed E-state index contributed by atoms with van der Waals surface area (Å²) in [6.45, 7) is 6.71. The van der Waals surface area contributed by atoms with Gasteiger partial charge >= 0.3 is 5.97 Å². The first-order valence-electron chi connectivity index (χ1n) is 11.6. The normalized spacial score (nSPS) is 21.0. The van der Waals surface area contributed by atoms with Crippen LogP contribution in [0.15, 0.2) is 38.3 Å². The van der Waals surface area contributed by atoms with Crippen molar-refractivity contribution in [2.45, 2.75) is 58.0 Å². The molecule has 1 N–H and O–H groups in total. The Morgan fingerprint density at radius 3 is 2.76 bits per heavy atom. The van der Waals surface area contributed by atoms with E-state index in [1.807, 2.05) is 30.5 Å². The number of hydrogen-bond acceptors (Lipinski definition) is 7. The summed E-state index contributed by atoms with van der Waals surface area (Å²) in [5.41, 5.74) is 0.608. The smallest absolute Gasteiger partial charge is 0.306 e. The van der Waals surface area contributed by atoms with Crippen molar-refractivity contribution < 1.29 is 19.1 Å². The summed E-state index contributed by atoms with van der Waals surface area (Å²) in [5.74, 6) is 0.184. The lowest BCUT2D eigenvalue weighted by molar-refractivity contribution is -0.141. The summed E-state index contributed by atoms with van der Waals surface area (Å²) in [4.78, 5) is 39.0. The monoisotopic (exact) mass is 456 g/mol. The fraction of sp³-hybridized carbons (Fsp3) is 0.560. The minimum absolute atomic E-state index is 0.0357. The maximum atomic E-state index is 12.6. The molecule has 2 aromatic heterocycles. The molecule has 1 fully saturated rings. The van der Waals surface area contributed by atoms with Gasteiger partial charge in [0.1, 0.15) is 5.76 Å². The van der Waals surface area contributed by atoms with Gasteiger partial charge in [-0.05, 0) is 30.7 Å². The van der Waals surface area contributed by atoms with E-state index in [-0.39, 0.29) is 29.6 Å². The summed E-state index contributed by atoms with van der Waals surface area (Å²) >= 11 is 0. The number of fused-ring (bicyclic) bond motifs is 4. The molecule has 0 radical (unpaired) electrons. The molecule has 4 rings (SSSR count). The molecule has 1 saturated heterocycles. The minimum atomic E-state index is -0.501. The van der Waals surface area contributed by atoms with Crippen LogP contribution in [0.1, 0.15) is 62.2 Å². The van der Waals surface area contributed by atoms with E-state index in [9.17, 15) is 19.5 Å². The Balaban J connectivity index is 1.58. The summed E-state index contributed by atoms with van der Waals surface area (Å²) in [6.07, 6.45) is 1.66. The third-order valence-electron chi connectivity index (χ3n) is 6.70. The second-order valence-corrected chi connectivity index (χ2v) is 9.79. The average molecular weight is 457 g/mol. The van der Waals surface area contributed by atoms with Crippen LogP contribution in [0.25, 0.3) is 0 Å². The number of pyridine rings is 1. The topological polar surface area (TPSA) is 102 Å². The Labute approximate surface area is 192 Å². The van der Waals surface area contributed by atoms with E-state index >= 15 is 0 Å². The van der Waals surface area contributed by atoms with E-state index < -0.39 is 23.1 Å². The van der Waals surface area contributed by atoms with Gasteiger partial charge in [0.05, 0.1) is 20.1 Å². The summed E-state index contributed by atoms with van der Waals surface area (Å²) in [6, 6.07) is 6.78. The van der Waals surface area contributed by atoms with Crippen LogP contribution in [0.2, 0.25) is 0 Å². The van der Waals surface area contributed by atoms with E-state index in [1.165, 1.54) is 13.2 Å². The van der Waals surface area contributed by atoms with Crippen molar-refractivity contribution in [2.75, 3.05) is 20.2 Å². The molecule has 0 unspecified atom stereocenters. The number of piperidine rings is 1. The highest BCUT2D eigenvalue weighted by Gasteiger charge is 2.35. The first kappa shape index (κ1) is 23.3. The fourth-order valence-electron chi connectivity index (χ4n) is 5.39. The van der Waals surface area contributed by atoms with Gasteiger partial charge in [0.25, 0.3) is 5.56 Å². The lowest BCUT2D eigenvalue weighted by Crippen LogP contribution is -2.46. The van der Waals surface area contributed by atoms with Gasteiger partial charge in [0, 0.05) is 49.3 Å². The molecule has 178 valence electrons. The molecular formula is C25H32N2O6. The van der Waals surface area contributed by atoms with E-state index in [4.69, 9.17) is 9.15 Å². The van der Waals surface area contributed by atoms with E-state index in [0.29, 0.717) is 31.2 Å². The van der Waals surface area contributed by atoms with Crippen molar-refractivity contribution in [3.63, 3.8) is 0 Å². The zero-order chi connectivity index (χ0) is 23.7. The van der Waals surface area contributed by atoms with Gasteiger partial charge in [-0.3, -0.25) is 19.3 Å². The number of aromatic hydroxyl groups is 1. The molecule has 2 aliphatic heterocycles. The highest BCUT2D eigenvalue weighted by atomic mass is 16.5. The highest BCUT2D eigenvalue weighted by Crippen LogP contribution is 2.36. The summed E-state index contributed by atoms with van der Waals surface area (Å²) in [7, 11) is 1.32. The SMILES string of the molecule is COC(=O)C[C@H](CC(C)C)c1oc(CN2C[C@H]3C[C@@H](C2)c2cccc(=O)n2C3)cc(=O)c1O. The molecule has 0 aromatic carbocycles. The molecule has 33 heavy (non-hydrogen) atoms. The molecule has 8 nitrogen and oxygen atoms in total. The van der Waals surface area contributed by atoms with E-state index in [0.717, 1.165) is 25.2 Å². The molecule has 0 saturated carbocycles. The zero-order valence-corrected chi connectivity index (χ0v) is 19.5. The first-order valence-corrected chi connectivity index (χ1v) is 11.6. The van der Waals surface area contributed by atoms with Crippen LogP contribution in [0.5, 0.6) is 5.75 Å². The van der Waals surface area contributed by atoms with Crippen molar-refractivity contribution >= 4 is 5.97 Å². The number of likely N-dealkylation sites (tertiary alicyclic amines) is 1. The number of carbonyl (C=O) groups is 1. The maximum absolute atomic E-state index is 12.6. The highest BCUT2D eigenvalue weighted by molar-refractivity contribution is 5.70. The van der Waals surface area contributed by atoms with Gasteiger partial charge in [-0.1, -0.05) is 19.9 Å². The second kappa shape index (κ2) is 9.55. The zero-order valence-electron chi connectivity index (χ0n) is 19.5. The maximum Gasteiger partial charge on any atom is 0.306 e. The number of carbonyl (C=O) groups excluding carboxylic acids is 1. The third-order valence-corrected chi connectivity index (χ3v) is 6.70. The van der Waals surface area contributed by atoms with Gasteiger partial charge in [-0.25, -0.2) is 0 Å². The molecule has 0 aliphatic carbocycles. The Bertz CT molecular complexity index is 1130. The van der Waals surface area contributed by atoms with Crippen molar-refractivity contribution in [3.05, 3.63) is 62.1 Å². The third kappa shape index (κ3) is 5.05. The van der Waals surface area contributed by atoms with Gasteiger partial charge in [0.15, 0.2) is 5.76 Å². The minimum Gasteiger partial charge on any atom is -0.502 e. The number of hydrogen-bond donors (Lipinski definition) is 1. The number of ether oxygens (including phenoxy) is 1. The van der Waals surface area contributed by atoms with E-state index in [1.54, 1.807) is 6.07 Å². The van der Waals surface area contributed by atoms with Crippen molar-refractivity contribution in [1.29, 1.82) is 0 Å². The number of aromatic nitrogens is 1. The average Bonchev–Trinajstić information content (AvgIpc) is 2.76. The Morgan fingerprint density at radius 2 is 2.03 bits per heavy atom. The van der Waals surface area contributed by atoms with E-state index in [2.05, 4.69) is 4.90 Å². The number of rotatable bonds is 7.